The first kappa shape index (κ1) is 25.3. The Hall–Kier alpha value is -2.78. The van der Waals surface area contributed by atoms with Crippen molar-refractivity contribution in [2.45, 2.75) is 22.9 Å². The van der Waals surface area contributed by atoms with Crippen LogP contribution in [-0.4, -0.2) is 39.6 Å². The summed E-state index contributed by atoms with van der Waals surface area (Å²) >= 11 is 6.93. The zero-order valence-electron chi connectivity index (χ0n) is 18.3. The lowest BCUT2D eigenvalue weighted by Crippen LogP contribution is -2.23. The van der Waals surface area contributed by atoms with Crippen molar-refractivity contribution in [2.75, 3.05) is 24.9 Å². The molecular formula is C23H19ClF3N3O3S2. The molecule has 1 N–H and O–H groups in total. The molecule has 0 bridgehead atoms. The summed E-state index contributed by atoms with van der Waals surface area (Å²) in [5.74, 6) is -0.436. The highest BCUT2D eigenvalue weighted by molar-refractivity contribution is 7.94. The van der Waals surface area contributed by atoms with Gasteiger partial charge in [0.1, 0.15) is 16.1 Å². The molecular weight excluding hydrogens is 523 g/mol. The Morgan fingerprint density at radius 3 is 2.51 bits per heavy atom. The number of thiophene rings is 1. The number of anilines is 1. The number of hydrogen-bond donors (Lipinski definition) is 1. The first-order chi connectivity index (χ1) is 16.5. The van der Waals surface area contributed by atoms with E-state index < -0.39 is 33.6 Å². The van der Waals surface area contributed by atoms with Crippen LogP contribution >= 0.6 is 22.9 Å². The van der Waals surface area contributed by atoms with Crippen molar-refractivity contribution in [1.82, 2.24) is 4.90 Å². The van der Waals surface area contributed by atoms with Gasteiger partial charge >= 0.3 is 6.18 Å². The van der Waals surface area contributed by atoms with Gasteiger partial charge in [0.15, 0.2) is 0 Å². The van der Waals surface area contributed by atoms with Gasteiger partial charge in [-0.2, -0.15) is 18.4 Å². The van der Waals surface area contributed by atoms with Crippen LogP contribution in [0.1, 0.15) is 17.5 Å². The number of alkyl halides is 3. The van der Waals surface area contributed by atoms with E-state index in [1.54, 1.807) is 24.3 Å². The quantitative estimate of drug-likeness (QED) is 0.424. The smallest absolute Gasteiger partial charge is 0.419 e. The second kappa shape index (κ2) is 9.70. The minimum absolute atomic E-state index is 0.0744. The van der Waals surface area contributed by atoms with Crippen LogP contribution in [0.5, 0.6) is 5.75 Å². The molecule has 12 heteroatoms. The number of sulfonamides is 1. The van der Waals surface area contributed by atoms with Gasteiger partial charge in [0.25, 0.3) is 10.0 Å². The Balaban J connectivity index is 1.67. The summed E-state index contributed by atoms with van der Waals surface area (Å²) in [6, 6.07) is 12.7. The second-order valence-corrected chi connectivity index (χ2v) is 11.6. The van der Waals surface area contributed by atoms with E-state index in [1.807, 2.05) is 18.0 Å². The first-order valence-corrected chi connectivity index (χ1v) is 13.0. The van der Waals surface area contributed by atoms with Gasteiger partial charge in [-0.15, -0.1) is 11.3 Å². The van der Waals surface area contributed by atoms with E-state index in [-0.39, 0.29) is 14.2 Å². The fourth-order valence-corrected chi connectivity index (χ4v) is 6.71. The molecule has 1 aromatic heterocycles. The standard InChI is InChI=1S/C23H19ClF3N3O3S2/c1-30-9-8-17(13-30)33-20-10-16(6-7-19(20)23(25,26)27)29-35(31,32)22-18(11-21(24)34-22)15-4-2-14(12-28)3-5-15/h2-7,10-11,17,29H,8-9,13H2,1H3. The van der Waals surface area contributed by atoms with Crippen molar-refractivity contribution in [3.8, 4) is 22.9 Å². The number of likely N-dealkylation sites (N-methyl/N-ethyl adjacent to an activating group) is 1. The predicted molar refractivity (Wildman–Crippen MR) is 128 cm³/mol. The van der Waals surface area contributed by atoms with E-state index in [9.17, 15) is 21.6 Å². The summed E-state index contributed by atoms with van der Waals surface area (Å²) < 4.78 is 75.3. The molecule has 3 aromatic rings. The fraction of sp³-hybridized carbons (Fsp3) is 0.261. The number of nitrogens with one attached hydrogen (secondary N) is 1. The molecule has 0 spiro atoms. The Morgan fingerprint density at radius 1 is 1.20 bits per heavy atom. The Bertz CT molecular complexity index is 1380. The van der Waals surface area contributed by atoms with Gasteiger partial charge in [-0.25, -0.2) is 8.42 Å². The molecule has 0 saturated carbocycles. The molecule has 0 radical (unpaired) electrons. The topological polar surface area (TPSA) is 82.4 Å². The Morgan fingerprint density at radius 2 is 1.91 bits per heavy atom. The van der Waals surface area contributed by atoms with Crippen LogP contribution in [0.2, 0.25) is 4.34 Å². The monoisotopic (exact) mass is 541 g/mol. The van der Waals surface area contributed by atoms with E-state index in [1.165, 1.54) is 6.07 Å². The molecule has 6 nitrogen and oxygen atoms in total. The SMILES string of the molecule is CN1CCC(Oc2cc(NS(=O)(=O)c3sc(Cl)cc3-c3ccc(C#N)cc3)ccc2C(F)(F)F)C1. The molecule has 0 amide bonds. The van der Waals surface area contributed by atoms with E-state index in [0.29, 0.717) is 36.2 Å². The minimum Gasteiger partial charge on any atom is -0.488 e. The van der Waals surface area contributed by atoms with Gasteiger partial charge in [0.2, 0.25) is 0 Å². The highest BCUT2D eigenvalue weighted by Crippen LogP contribution is 2.41. The summed E-state index contributed by atoms with van der Waals surface area (Å²) in [4.78, 5) is 1.94. The highest BCUT2D eigenvalue weighted by atomic mass is 35.5. The van der Waals surface area contributed by atoms with E-state index in [0.717, 1.165) is 29.5 Å². The van der Waals surface area contributed by atoms with Crippen molar-refractivity contribution in [3.63, 3.8) is 0 Å². The van der Waals surface area contributed by atoms with Gasteiger partial charge in [-0.1, -0.05) is 23.7 Å². The van der Waals surface area contributed by atoms with Gasteiger partial charge in [-0.3, -0.25) is 4.72 Å². The molecule has 1 fully saturated rings. The van der Waals surface area contributed by atoms with Gasteiger partial charge in [0, 0.05) is 24.7 Å². The van der Waals surface area contributed by atoms with E-state index >= 15 is 0 Å². The van der Waals surface area contributed by atoms with E-state index in [2.05, 4.69) is 4.72 Å². The summed E-state index contributed by atoms with van der Waals surface area (Å²) in [5.41, 5.74) is 0.189. The van der Waals surface area contributed by atoms with Crippen LogP contribution in [0.4, 0.5) is 18.9 Å². The fourth-order valence-electron chi connectivity index (χ4n) is 3.76. The zero-order chi connectivity index (χ0) is 25.4. The summed E-state index contributed by atoms with van der Waals surface area (Å²) in [7, 11) is -2.37. The van der Waals surface area contributed by atoms with Crippen molar-refractivity contribution in [2.24, 2.45) is 0 Å². The Kier molecular flexibility index (Phi) is 7.02. The molecule has 2 aromatic carbocycles. The van der Waals surface area contributed by atoms with Crippen molar-refractivity contribution in [1.29, 1.82) is 5.26 Å². The van der Waals surface area contributed by atoms with Crippen LogP contribution in [0.25, 0.3) is 11.1 Å². The molecule has 1 saturated heterocycles. The average Bonchev–Trinajstić information content (AvgIpc) is 3.38. The van der Waals surface area contributed by atoms with Crippen LogP contribution in [0, 0.1) is 11.3 Å². The Labute approximate surface area is 209 Å². The van der Waals surface area contributed by atoms with Crippen LogP contribution in [0.3, 0.4) is 0 Å². The molecule has 0 aliphatic carbocycles. The van der Waals surface area contributed by atoms with Gasteiger partial charge in [0.05, 0.1) is 27.2 Å². The molecule has 1 aliphatic rings. The molecule has 2 heterocycles. The maximum Gasteiger partial charge on any atom is 0.419 e. The number of nitriles is 1. The minimum atomic E-state index is -4.67. The molecule has 1 unspecified atom stereocenters. The lowest BCUT2D eigenvalue weighted by molar-refractivity contribution is -0.139. The van der Waals surface area contributed by atoms with Crippen LogP contribution in [-0.2, 0) is 16.2 Å². The number of likely N-dealkylation sites (tertiary alicyclic amines) is 1. The molecule has 1 aliphatic heterocycles. The van der Waals surface area contributed by atoms with E-state index in [4.69, 9.17) is 21.6 Å². The van der Waals surface area contributed by atoms with Gasteiger partial charge < -0.3 is 9.64 Å². The number of benzene rings is 2. The maximum absolute atomic E-state index is 13.6. The lowest BCUT2D eigenvalue weighted by Gasteiger charge is -2.19. The number of rotatable bonds is 6. The summed E-state index contributed by atoms with van der Waals surface area (Å²) in [5, 5.41) is 8.99. The maximum atomic E-state index is 13.6. The largest absolute Gasteiger partial charge is 0.488 e. The third kappa shape index (κ3) is 5.73. The average molecular weight is 542 g/mol. The molecule has 4 rings (SSSR count). The van der Waals surface area contributed by atoms with Crippen molar-refractivity contribution < 1.29 is 26.3 Å². The number of ether oxygens (including phenoxy) is 1. The van der Waals surface area contributed by atoms with Crippen LogP contribution in [0.15, 0.2) is 52.7 Å². The third-order valence-electron chi connectivity index (χ3n) is 5.42. The predicted octanol–water partition coefficient (Wildman–Crippen LogP) is 5.84. The summed E-state index contributed by atoms with van der Waals surface area (Å²) in [6.45, 7) is 1.16. The lowest BCUT2D eigenvalue weighted by atomic mass is 10.1. The number of nitrogens with zero attached hydrogens (tertiary/aromatic N) is 2. The third-order valence-corrected chi connectivity index (χ3v) is 8.60. The van der Waals surface area contributed by atoms with Crippen molar-refractivity contribution in [3.05, 3.63) is 64.0 Å². The zero-order valence-corrected chi connectivity index (χ0v) is 20.7. The molecule has 184 valence electrons. The first-order valence-electron chi connectivity index (χ1n) is 10.4. The number of halogens is 4. The normalized spacial score (nSPS) is 16.7. The molecule has 1 atom stereocenters. The number of hydrogen-bond acceptors (Lipinski definition) is 6. The van der Waals surface area contributed by atoms with Gasteiger partial charge in [-0.05, 0) is 49.4 Å². The highest BCUT2D eigenvalue weighted by Gasteiger charge is 2.36. The van der Waals surface area contributed by atoms with Crippen molar-refractivity contribution >= 4 is 38.6 Å². The second-order valence-electron chi connectivity index (χ2n) is 8.05. The van der Waals surface area contributed by atoms with Crippen LogP contribution < -0.4 is 9.46 Å². The molecule has 35 heavy (non-hydrogen) atoms. The summed E-state index contributed by atoms with van der Waals surface area (Å²) in [6.07, 6.45) is -4.54.